The van der Waals surface area contributed by atoms with Crippen LogP contribution < -0.4 is 19.8 Å². The van der Waals surface area contributed by atoms with Gasteiger partial charge in [-0.3, -0.25) is 14.2 Å². The summed E-state index contributed by atoms with van der Waals surface area (Å²) in [6, 6.07) is 4.99. The number of methoxy groups -OCH3 is 3. The van der Waals surface area contributed by atoms with E-state index < -0.39 is 0 Å². The fraction of sp³-hybridized carbons (Fsp3) is 0.389. The number of hydrogen-bond donors (Lipinski definition) is 0. The van der Waals surface area contributed by atoms with Crippen LogP contribution in [0, 0.1) is 3.95 Å². The Labute approximate surface area is 166 Å². The molecule has 0 saturated heterocycles. The molecule has 0 aliphatic heterocycles. The third-order valence-electron chi connectivity index (χ3n) is 3.73. The van der Waals surface area contributed by atoms with E-state index in [4.69, 9.17) is 31.2 Å². The van der Waals surface area contributed by atoms with Gasteiger partial charge in [0.2, 0.25) is 5.75 Å². The maximum absolute atomic E-state index is 12.5. The number of aromatic nitrogens is 1. The highest BCUT2D eigenvalue weighted by atomic mass is 32.1. The van der Waals surface area contributed by atoms with Crippen molar-refractivity contribution >= 4 is 29.5 Å². The minimum Gasteiger partial charge on any atom is -0.493 e. The highest BCUT2D eigenvalue weighted by molar-refractivity contribution is 7.73. The smallest absolute Gasteiger partial charge is 0.307 e. The monoisotopic (exact) mass is 411 g/mol. The van der Waals surface area contributed by atoms with Gasteiger partial charge in [0.05, 0.1) is 34.4 Å². The molecular weight excluding hydrogens is 390 g/mol. The normalized spacial score (nSPS) is 10.4. The molecular formula is C18H21NO6S2. The van der Waals surface area contributed by atoms with Crippen molar-refractivity contribution in [1.29, 1.82) is 0 Å². The minimum absolute atomic E-state index is 0.0909. The summed E-state index contributed by atoms with van der Waals surface area (Å²) in [7, 11) is 4.57. The van der Waals surface area contributed by atoms with E-state index in [2.05, 4.69) is 0 Å². The first-order valence-electron chi connectivity index (χ1n) is 8.16. The summed E-state index contributed by atoms with van der Waals surface area (Å²) in [6.45, 7) is 2.22. The standard InChI is InChI=1S/C18H21NO6S2/c1-5-25-16(21)6-7-19-15(20)10-14(27-18(19)26)11-8-12(22-2)17(24-4)13(9-11)23-3/h8-10H,5-7H2,1-4H3. The Bertz CT molecular complexity index is 878. The zero-order valence-corrected chi connectivity index (χ0v) is 17.2. The second kappa shape index (κ2) is 9.52. The van der Waals surface area contributed by atoms with Crippen molar-refractivity contribution in [3.8, 4) is 27.7 Å². The van der Waals surface area contributed by atoms with Crippen molar-refractivity contribution in [3.63, 3.8) is 0 Å². The first kappa shape index (κ1) is 20.9. The van der Waals surface area contributed by atoms with Crippen molar-refractivity contribution in [2.24, 2.45) is 0 Å². The lowest BCUT2D eigenvalue weighted by Crippen LogP contribution is -2.21. The van der Waals surface area contributed by atoms with Crippen LogP contribution in [0.15, 0.2) is 23.0 Å². The second-order valence-corrected chi connectivity index (χ2v) is 7.01. The van der Waals surface area contributed by atoms with Gasteiger partial charge < -0.3 is 18.9 Å². The largest absolute Gasteiger partial charge is 0.493 e. The summed E-state index contributed by atoms with van der Waals surface area (Å²) in [5.74, 6) is 1.07. The van der Waals surface area contributed by atoms with Gasteiger partial charge in [0.1, 0.15) is 0 Å². The van der Waals surface area contributed by atoms with Gasteiger partial charge >= 0.3 is 5.97 Å². The highest BCUT2D eigenvalue weighted by Crippen LogP contribution is 2.41. The molecule has 0 spiro atoms. The van der Waals surface area contributed by atoms with Gasteiger partial charge in [-0.2, -0.15) is 0 Å². The van der Waals surface area contributed by atoms with E-state index in [0.717, 1.165) is 5.56 Å². The van der Waals surface area contributed by atoms with Gasteiger partial charge in [-0.25, -0.2) is 0 Å². The maximum atomic E-state index is 12.5. The highest BCUT2D eigenvalue weighted by Gasteiger charge is 2.15. The van der Waals surface area contributed by atoms with E-state index in [1.807, 2.05) is 0 Å². The number of rotatable bonds is 8. The number of ether oxygens (including phenoxy) is 4. The average Bonchev–Trinajstić information content (AvgIpc) is 2.66. The number of hydrogen-bond acceptors (Lipinski definition) is 8. The fourth-order valence-electron chi connectivity index (χ4n) is 2.46. The van der Waals surface area contributed by atoms with Crippen LogP contribution in [0.3, 0.4) is 0 Å². The molecule has 0 aliphatic carbocycles. The van der Waals surface area contributed by atoms with Crippen LogP contribution in [0.4, 0.5) is 0 Å². The number of esters is 1. The summed E-state index contributed by atoms with van der Waals surface area (Å²) in [4.78, 5) is 24.7. The predicted octanol–water partition coefficient (Wildman–Crippen LogP) is 3.29. The maximum Gasteiger partial charge on any atom is 0.307 e. The van der Waals surface area contributed by atoms with E-state index >= 15 is 0 Å². The molecule has 0 unspecified atom stereocenters. The molecule has 7 nitrogen and oxygen atoms in total. The molecule has 0 bridgehead atoms. The zero-order chi connectivity index (χ0) is 20.0. The van der Waals surface area contributed by atoms with E-state index in [-0.39, 0.29) is 24.5 Å². The van der Waals surface area contributed by atoms with E-state index in [1.165, 1.54) is 43.3 Å². The predicted molar refractivity (Wildman–Crippen MR) is 106 cm³/mol. The van der Waals surface area contributed by atoms with Gasteiger partial charge in [0, 0.05) is 17.5 Å². The number of benzene rings is 1. The summed E-state index contributed by atoms with van der Waals surface area (Å²) < 4.78 is 22.7. The van der Waals surface area contributed by atoms with Crippen LogP contribution in [0.1, 0.15) is 13.3 Å². The molecule has 146 valence electrons. The van der Waals surface area contributed by atoms with Gasteiger partial charge in [0.15, 0.2) is 15.5 Å². The molecule has 0 amide bonds. The topological polar surface area (TPSA) is 76.0 Å². The Morgan fingerprint density at radius 3 is 2.22 bits per heavy atom. The Kier molecular flexibility index (Phi) is 7.37. The van der Waals surface area contributed by atoms with E-state index in [0.29, 0.717) is 32.7 Å². The Morgan fingerprint density at radius 2 is 1.74 bits per heavy atom. The van der Waals surface area contributed by atoms with Gasteiger partial charge in [-0.05, 0) is 36.8 Å². The molecule has 1 aromatic heterocycles. The van der Waals surface area contributed by atoms with Crippen molar-refractivity contribution in [1.82, 2.24) is 4.57 Å². The van der Waals surface area contributed by atoms with Crippen LogP contribution in [-0.4, -0.2) is 38.5 Å². The quantitative estimate of drug-likeness (QED) is 0.487. The summed E-state index contributed by atoms with van der Waals surface area (Å²) in [5, 5.41) is 0. The van der Waals surface area contributed by atoms with Gasteiger partial charge in [-0.1, -0.05) is 0 Å². The molecule has 0 fully saturated rings. The van der Waals surface area contributed by atoms with E-state index in [1.54, 1.807) is 19.1 Å². The number of carbonyl (C=O) groups excluding carboxylic acids is 1. The summed E-state index contributed by atoms with van der Waals surface area (Å²) in [5.41, 5.74) is 0.432. The first-order valence-corrected chi connectivity index (χ1v) is 9.38. The van der Waals surface area contributed by atoms with Crippen molar-refractivity contribution in [2.45, 2.75) is 19.9 Å². The second-order valence-electron chi connectivity index (χ2n) is 5.34. The van der Waals surface area contributed by atoms with E-state index in [9.17, 15) is 9.59 Å². The third-order valence-corrected chi connectivity index (χ3v) is 5.17. The van der Waals surface area contributed by atoms with Crippen LogP contribution in [0.25, 0.3) is 10.4 Å². The molecule has 0 aliphatic rings. The van der Waals surface area contributed by atoms with Crippen molar-refractivity contribution < 1.29 is 23.7 Å². The van der Waals surface area contributed by atoms with Crippen molar-refractivity contribution in [3.05, 3.63) is 32.5 Å². The van der Waals surface area contributed by atoms with Crippen LogP contribution in [-0.2, 0) is 16.1 Å². The first-order chi connectivity index (χ1) is 12.9. The minimum atomic E-state index is -0.363. The average molecular weight is 412 g/mol. The molecule has 2 aromatic rings. The number of nitrogens with zero attached hydrogens (tertiary/aromatic N) is 1. The van der Waals surface area contributed by atoms with Crippen LogP contribution in [0.5, 0.6) is 17.2 Å². The zero-order valence-electron chi connectivity index (χ0n) is 15.6. The van der Waals surface area contributed by atoms with Crippen LogP contribution in [0.2, 0.25) is 0 Å². The third kappa shape index (κ3) is 4.86. The lowest BCUT2D eigenvalue weighted by Gasteiger charge is -2.14. The molecule has 27 heavy (non-hydrogen) atoms. The van der Waals surface area contributed by atoms with Crippen LogP contribution >= 0.6 is 23.6 Å². The molecule has 0 radical (unpaired) electrons. The van der Waals surface area contributed by atoms with Gasteiger partial charge in [-0.15, -0.1) is 11.3 Å². The lowest BCUT2D eigenvalue weighted by molar-refractivity contribution is -0.143. The Morgan fingerprint density at radius 1 is 1.11 bits per heavy atom. The summed E-state index contributed by atoms with van der Waals surface area (Å²) in [6.07, 6.45) is 0.0909. The number of carbonyl (C=O) groups is 1. The molecule has 1 heterocycles. The molecule has 9 heteroatoms. The van der Waals surface area contributed by atoms with Gasteiger partial charge in [0.25, 0.3) is 5.56 Å². The Hall–Kier alpha value is -2.39. The molecule has 0 N–H and O–H groups in total. The Balaban J connectivity index is 2.42. The lowest BCUT2D eigenvalue weighted by atomic mass is 10.1. The molecule has 0 atom stereocenters. The molecule has 0 saturated carbocycles. The molecule has 1 aromatic carbocycles. The van der Waals surface area contributed by atoms with Crippen molar-refractivity contribution in [2.75, 3.05) is 27.9 Å². The summed E-state index contributed by atoms with van der Waals surface area (Å²) >= 11 is 6.62. The SMILES string of the molecule is CCOC(=O)CCn1c(=O)cc(-c2cc(OC)c(OC)c(OC)c2)sc1=S. The molecule has 2 rings (SSSR count). The fourth-order valence-corrected chi connectivity index (χ4v) is 3.79.